The van der Waals surface area contributed by atoms with Gasteiger partial charge in [0, 0.05) is 0 Å². The second kappa shape index (κ2) is 7.33. The van der Waals surface area contributed by atoms with E-state index in [-0.39, 0.29) is 23.7 Å². The molecule has 7 heteroatoms. The monoisotopic (exact) mass is 350 g/mol. The molecule has 0 saturated heterocycles. The van der Waals surface area contributed by atoms with Gasteiger partial charge in [-0.25, -0.2) is 4.79 Å². The molecule has 0 aromatic heterocycles. The summed E-state index contributed by atoms with van der Waals surface area (Å²) in [6.45, 7) is -0.00998. The lowest BCUT2D eigenvalue weighted by atomic mass is 10.1. The third-order valence-electron chi connectivity index (χ3n) is 2.37. The molecule has 0 fully saturated rings. The molecule has 0 heterocycles. The molecule has 0 spiro atoms. The highest BCUT2D eigenvalue weighted by atomic mass is 79.9. The number of hydrogen-bond donors (Lipinski definition) is 0. The van der Waals surface area contributed by atoms with Crippen LogP contribution in [0.25, 0.3) is 0 Å². The fourth-order valence-electron chi connectivity index (χ4n) is 1.50. The number of carbonyl (C=O) groups is 2. The molecule has 0 aliphatic carbocycles. The highest BCUT2D eigenvalue weighted by molar-refractivity contribution is 9.09. The van der Waals surface area contributed by atoms with E-state index in [2.05, 4.69) is 20.7 Å². The van der Waals surface area contributed by atoms with Crippen LogP contribution in [0.2, 0.25) is 0 Å². The van der Waals surface area contributed by atoms with E-state index >= 15 is 0 Å². The summed E-state index contributed by atoms with van der Waals surface area (Å²) < 4.78 is 33.8. The average molecular weight is 351 g/mol. The average Bonchev–Trinajstić information content (AvgIpc) is 2.37. The van der Waals surface area contributed by atoms with Crippen LogP contribution in [0.1, 0.15) is 34.6 Å². The first-order chi connectivity index (χ1) is 9.36. The van der Waals surface area contributed by atoms with Crippen molar-refractivity contribution >= 4 is 27.7 Å². The molecule has 0 bridgehead atoms. The Balaban J connectivity index is 3.19. The Morgan fingerprint density at radius 3 is 2.50 bits per heavy atom. The minimum absolute atomic E-state index is 0.112. The van der Waals surface area contributed by atoms with E-state index in [1.165, 1.54) is 25.1 Å². The molecule has 0 aliphatic rings. The van der Waals surface area contributed by atoms with Gasteiger partial charge in [0.2, 0.25) is 0 Å². The summed E-state index contributed by atoms with van der Waals surface area (Å²) in [5, 5.41) is 0. The molecule has 20 heavy (non-hydrogen) atoms. The fourth-order valence-corrected chi connectivity index (χ4v) is 1.79. The van der Waals surface area contributed by atoms with Gasteiger partial charge in [-0.1, -0.05) is 22.0 Å². The minimum Gasteiger partial charge on any atom is -0.462 e. The van der Waals surface area contributed by atoms with Gasteiger partial charge in [-0.15, -0.1) is 0 Å². The summed E-state index contributed by atoms with van der Waals surface area (Å²) in [6.07, 6.45) is 0. The number of ketones is 1. The molecule has 0 N–H and O–H groups in total. The van der Waals surface area contributed by atoms with Crippen LogP contribution in [0.5, 0.6) is 5.75 Å². The Hall–Kier alpha value is -1.50. The van der Waals surface area contributed by atoms with E-state index < -0.39 is 17.4 Å². The number of halogens is 3. The summed E-state index contributed by atoms with van der Waals surface area (Å²) in [6, 6.07) is 3.99. The number of ether oxygens (including phenoxy) is 2. The molecular formula is C13H13BrF2O4. The number of Topliss-reactive ketones (excluding diaryl/α,β-unsaturated/α-hetero) is 1. The molecular weight excluding hydrogens is 338 g/mol. The second-order valence-electron chi connectivity index (χ2n) is 3.83. The van der Waals surface area contributed by atoms with Crippen LogP contribution in [0.15, 0.2) is 18.2 Å². The van der Waals surface area contributed by atoms with Crippen molar-refractivity contribution in [2.24, 2.45) is 0 Å². The van der Waals surface area contributed by atoms with E-state index in [0.717, 1.165) is 0 Å². The van der Waals surface area contributed by atoms with E-state index in [1.807, 2.05) is 0 Å². The van der Waals surface area contributed by atoms with Crippen molar-refractivity contribution in [2.45, 2.75) is 25.3 Å². The SMILES string of the molecule is CCOC(=O)c1ccc(C(Br)C(C)=O)cc1OC(F)F. The van der Waals surface area contributed by atoms with E-state index in [4.69, 9.17) is 4.74 Å². The lowest BCUT2D eigenvalue weighted by Gasteiger charge is -2.13. The second-order valence-corrected chi connectivity index (χ2v) is 4.74. The van der Waals surface area contributed by atoms with Crippen molar-refractivity contribution in [3.8, 4) is 5.75 Å². The van der Waals surface area contributed by atoms with Crippen molar-refractivity contribution in [3.05, 3.63) is 29.3 Å². The van der Waals surface area contributed by atoms with E-state index in [0.29, 0.717) is 5.56 Å². The number of hydrogen-bond acceptors (Lipinski definition) is 4. The van der Waals surface area contributed by atoms with Gasteiger partial charge in [-0.2, -0.15) is 8.78 Å². The van der Waals surface area contributed by atoms with Gasteiger partial charge in [0.25, 0.3) is 0 Å². The third kappa shape index (κ3) is 4.26. The number of benzene rings is 1. The van der Waals surface area contributed by atoms with Crippen LogP contribution in [0.4, 0.5) is 8.78 Å². The number of esters is 1. The normalized spacial score (nSPS) is 12.1. The standard InChI is InChI=1S/C13H13BrF2O4/c1-3-19-12(18)9-5-4-8(11(14)7(2)17)6-10(9)20-13(15)16/h4-6,11,13H,3H2,1-2H3. The summed E-state index contributed by atoms with van der Waals surface area (Å²) >= 11 is 3.13. The fraction of sp³-hybridized carbons (Fsp3) is 0.385. The van der Waals surface area contributed by atoms with Crippen LogP contribution < -0.4 is 4.74 Å². The van der Waals surface area contributed by atoms with Crippen molar-refractivity contribution in [1.29, 1.82) is 0 Å². The van der Waals surface area contributed by atoms with Crippen molar-refractivity contribution in [3.63, 3.8) is 0 Å². The van der Waals surface area contributed by atoms with Gasteiger partial charge in [-0.3, -0.25) is 4.79 Å². The Morgan fingerprint density at radius 1 is 1.35 bits per heavy atom. The molecule has 1 rings (SSSR count). The Labute approximate surface area is 123 Å². The van der Waals surface area contributed by atoms with Gasteiger partial charge in [-0.05, 0) is 31.5 Å². The Bertz CT molecular complexity index is 505. The predicted octanol–water partition coefficient (Wildman–Crippen LogP) is 3.49. The number of carbonyl (C=O) groups excluding carboxylic acids is 2. The first-order valence-electron chi connectivity index (χ1n) is 5.77. The molecule has 4 nitrogen and oxygen atoms in total. The van der Waals surface area contributed by atoms with Crippen LogP contribution in [0.3, 0.4) is 0 Å². The highest BCUT2D eigenvalue weighted by Crippen LogP contribution is 2.30. The van der Waals surface area contributed by atoms with Crippen molar-refractivity contribution < 1.29 is 27.8 Å². The molecule has 0 saturated carbocycles. The van der Waals surface area contributed by atoms with Crippen LogP contribution in [0, 0.1) is 0 Å². The quantitative estimate of drug-likeness (QED) is 0.582. The predicted molar refractivity (Wildman–Crippen MR) is 71.4 cm³/mol. The first-order valence-corrected chi connectivity index (χ1v) is 6.68. The van der Waals surface area contributed by atoms with Gasteiger partial charge >= 0.3 is 12.6 Å². The maximum Gasteiger partial charge on any atom is 0.387 e. The lowest BCUT2D eigenvalue weighted by Crippen LogP contribution is -2.12. The molecule has 1 unspecified atom stereocenters. The Kier molecular flexibility index (Phi) is 6.06. The van der Waals surface area contributed by atoms with Crippen LogP contribution in [-0.2, 0) is 9.53 Å². The lowest BCUT2D eigenvalue weighted by molar-refractivity contribution is -0.116. The van der Waals surface area contributed by atoms with Gasteiger partial charge in [0.15, 0.2) is 0 Å². The summed E-state index contributed by atoms with van der Waals surface area (Å²) in [7, 11) is 0. The van der Waals surface area contributed by atoms with Crippen LogP contribution >= 0.6 is 15.9 Å². The maximum absolute atomic E-state index is 12.4. The van der Waals surface area contributed by atoms with Gasteiger partial charge in [0.05, 0.1) is 11.4 Å². The number of rotatable bonds is 6. The minimum atomic E-state index is -3.08. The van der Waals surface area contributed by atoms with E-state index in [1.54, 1.807) is 6.92 Å². The molecule has 110 valence electrons. The zero-order valence-corrected chi connectivity index (χ0v) is 12.4. The molecule has 1 atom stereocenters. The van der Waals surface area contributed by atoms with Gasteiger partial charge < -0.3 is 9.47 Å². The topological polar surface area (TPSA) is 52.6 Å². The molecule has 1 aromatic carbocycles. The largest absolute Gasteiger partial charge is 0.462 e. The van der Waals surface area contributed by atoms with Gasteiger partial charge in [0.1, 0.15) is 17.1 Å². The maximum atomic E-state index is 12.4. The zero-order valence-electron chi connectivity index (χ0n) is 10.9. The highest BCUT2D eigenvalue weighted by Gasteiger charge is 2.20. The summed E-state index contributed by atoms with van der Waals surface area (Å²) in [5.74, 6) is -1.28. The molecule has 1 aromatic rings. The molecule has 0 aliphatic heterocycles. The smallest absolute Gasteiger partial charge is 0.387 e. The zero-order chi connectivity index (χ0) is 15.3. The molecule has 0 radical (unpaired) electrons. The Morgan fingerprint density at radius 2 is 2.00 bits per heavy atom. The molecule has 0 amide bonds. The first kappa shape index (κ1) is 16.6. The summed E-state index contributed by atoms with van der Waals surface area (Å²) in [4.78, 5) is 22.3. The number of alkyl halides is 3. The van der Waals surface area contributed by atoms with Crippen molar-refractivity contribution in [2.75, 3.05) is 6.61 Å². The summed E-state index contributed by atoms with van der Waals surface area (Å²) in [5.41, 5.74) is 0.306. The van der Waals surface area contributed by atoms with Crippen LogP contribution in [-0.4, -0.2) is 25.0 Å². The van der Waals surface area contributed by atoms with E-state index in [9.17, 15) is 18.4 Å². The van der Waals surface area contributed by atoms with Crippen molar-refractivity contribution in [1.82, 2.24) is 0 Å². The third-order valence-corrected chi connectivity index (χ3v) is 3.54.